The lowest BCUT2D eigenvalue weighted by Gasteiger charge is -2.08. The zero-order valence-electron chi connectivity index (χ0n) is 13.4. The molecule has 25 heavy (non-hydrogen) atoms. The van der Waals surface area contributed by atoms with Gasteiger partial charge in [0.2, 0.25) is 0 Å². The zero-order valence-corrected chi connectivity index (χ0v) is 14.9. The van der Waals surface area contributed by atoms with Crippen molar-refractivity contribution >= 4 is 33.7 Å². The molecule has 0 aliphatic heterocycles. The van der Waals surface area contributed by atoms with E-state index < -0.39 is 10.8 Å². The monoisotopic (exact) mass is 407 g/mol. The number of ether oxygens (including phenoxy) is 2. The third-order valence-corrected chi connectivity index (χ3v) is 3.91. The van der Waals surface area contributed by atoms with Crippen LogP contribution in [0.5, 0.6) is 11.5 Å². The van der Waals surface area contributed by atoms with E-state index in [1.165, 1.54) is 32.6 Å². The second-order valence-electron chi connectivity index (χ2n) is 4.70. The molecule has 8 nitrogen and oxygen atoms in total. The number of methoxy groups -OCH3 is 2. The van der Waals surface area contributed by atoms with Gasteiger partial charge in [-0.15, -0.1) is 0 Å². The molecule has 0 atom stereocenters. The first-order valence-electron chi connectivity index (χ1n) is 6.96. The highest BCUT2D eigenvalue weighted by molar-refractivity contribution is 9.10. The van der Waals surface area contributed by atoms with Gasteiger partial charge >= 0.3 is 0 Å². The van der Waals surface area contributed by atoms with Crippen LogP contribution < -0.4 is 14.9 Å². The molecule has 2 aromatic carbocycles. The van der Waals surface area contributed by atoms with Crippen molar-refractivity contribution in [1.82, 2.24) is 5.43 Å². The largest absolute Gasteiger partial charge is 0.493 e. The summed E-state index contributed by atoms with van der Waals surface area (Å²) in [6, 6.07) is 9.46. The number of rotatable bonds is 6. The minimum absolute atomic E-state index is 0.162. The van der Waals surface area contributed by atoms with Crippen molar-refractivity contribution < 1.29 is 19.2 Å². The Morgan fingerprint density at radius 3 is 2.48 bits per heavy atom. The van der Waals surface area contributed by atoms with Crippen LogP contribution in [0.25, 0.3) is 0 Å². The van der Waals surface area contributed by atoms with Crippen molar-refractivity contribution in [3.8, 4) is 11.5 Å². The Kier molecular flexibility index (Phi) is 6.07. The number of halogens is 1. The van der Waals surface area contributed by atoms with Crippen LogP contribution in [-0.2, 0) is 0 Å². The summed E-state index contributed by atoms with van der Waals surface area (Å²) >= 11 is 3.27. The van der Waals surface area contributed by atoms with Crippen LogP contribution in [0.3, 0.4) is 0 Å². The maximum absolute atomic E-state index is 12.1. The number of nitrogens with zero attached hydrogens (tertiary/aromatic N) is 2. The van der Waals surface area contributed by atoms with Gasteiger partial charge < -0.3 is 9.47 Å². The minimum Gasteiger partial charge on any atom is -0.493 e. The van der Waals surface area contributed by atoms with Gasteiger partial charge in [0, 0.05) is 4.47 Å². The zero-order chi connectivity index (χ0) is 18.4. The molecule has 0 unspecified atom stereocenters. The molecule has 0 bridgehead atoms. The van der Waals surface area contributed by atoms with Gasteiger partial charge in [-0.3, -0.25) is 14.9 Å². The molecule has 2 aromatic rings. The Hall–Kier alpha value is -2.94. The number of nitro benzene ring substituents is 1. The maximum atomic E-state index is 12.1. The van der Waals surface area contributed by atoms with Crippen LogP contribution in [-0.4, -0.2) is 31.3 Å². The summed E-state index contributed by atoms with van der Waals surface area (Å²) in [4.78, 5) is 22.7. The first-order chi connectivity index (χ1) is 12.0. The van der Waals surface area contributed by atoms with Gasteiger partial charge in [-0.25, -0.2) is 5.43 Å². The van der Waals surface area contributed by atoms with Crippen molar-refractivity contribution in [3.05, 3.63) is 62.1 Å². The highest BCUT2D eigenvalue weighted by Gasteiger charge is 2.18. The first-order valence-corrected chi connectivity index (χ1v) is 7.75. The highest BCUT2D eigenvalue weighted by Crippen LogP contribution is 2.33. The van der Waals surface area contributed by atoms with E-state index in [0.717, 1.165) is 0 Å². The molecule has 0 radical (unpaired) electrons. The third kappa shape index (κ3) is 4.32. The minimum atomic E-state index is -0.571. The van der Waals surface area contributed by atoms with Gasteiger partial charge in [0.15, 0.2) is 11.5 Å². The predicted octanol–water partition coefficient (Wildman–Crippen LogP) is 3.14. The van der Waals surface area contributed by atoms with E-state index in [4.69, 9.17) is 9.47 Å². The van der Waals surface area contributed by atoms with Crippen molar-refractivity contribution in [2.75, 3.05) is 14.2 Å². The van der Waals surface area contributed by atoms with Crippen molar-refractivity contribution in [1.29, 1.82) is 0 Å². The average Bonchev–Trinajstić information content (AvgIpc) is 2.61. The van der Waals surface area contributed by atoms with Crippen LogP contribution in [0.2, 0.25) is 0 Å². The SMILES string of the molecule is COc1cc(/C=N\NC(=O)c2ccccc2Br)c([N+](=O)[O-])cc1OC. The second-order valence-corrected chi connectivity index (χ2v) is 5.56. The number of benzene rings is 2. The van der Waals surface area contributed by atoms with Crippen LogP contribution in [0.4, 0.5) is 5.69 Å². The lowest BCUT2D eigenvalue weighted by atomic mass is 10.1. The van der Waals surface area contributed by atoms with Gasteiger partial charge in [0.05, 0.1) is 42.6 Å². The number of hydrogen-bond donors (Lipinski definition) is 1. The summed E-state index contributed by atoms with van der Waals surface area (Å²) in [5, 5.41) is 15.0. The highest BCUT2D eigenvalue weighted by atomic mass is 79.9. The Bertz CT molecular complexity index is 839. The van der Waals surface area contributed by atoms with E-state index in [1.807, 2.05) is 0 Å². The summed E-state index contributed by atoms with van der Waals surface area (Å²) in [6.07, 6.45) is 1.18. The number of hydrazone groups is 1. The number of nitrogens with one attached hydrogen (secondary N) is 1. The molecule has 0 spiro atoms. The van der Waals surface area contributed by atoms with Gasteiger partial charge in [-0.2, -0.15) is 5.10 Å². The summed E-state index contributed by atoms with van der Waals surface area (Å²) in [5.74, 6) is 0.0853. The maximum Gasteiger partial charge on any atom is 0.282 e. The molecule has 130 valence electrons. The van der Waals surface area contributed by atoms with E-state index in [1.54, 1.807) is 24.3 Å². The average molecular weight is 408 g/mol. The standard InChI is InChI=1S/C16H14BrN3O5/c1-24-14-7-10(13(20(22)23)8-15(14)25-2)9-18-19-16(21)11-5-3-4-6-12(11)17/h3-9H,1-2H3,(H,19,21)/b18-9-. The quantitative estimate of drug-likeness (QED) is 0.450. The molecule has 0 aliphatic carbocycles. The Morgan fingerprint density at radius 1 is 1.24 bits per heavy atom. The van der Waals surface area contributed by atoms with E-state index in [2.05, 4.69) is 26.5 Å². The van der Waals surface area contributed by atoms with Crippen molar-refractivity contribution in [2.24, 2.45) is 5.10 Å². The number of carbonyl (C=O) groups is 1. The number of nitro groups is 1. The normalized spacial score (nSPS) is 10.5. The van der Waals surface area contributed by atoms with E-state index in [0.29, 0.717) is 15.8 Å². The lowest BCUT2D eigenvalue weighted by Crippen LogP contribution is -2.18. The Labute approximate surface area is 151 Å². The molecule has 1 N–H and O–H groups in total. The van der Waals surface area contributed by atoms with E-state index >= 15 is 0 Å². The molecule has 0 aliphatic rings. The molecule has 0 saturated carbocycles. The molecule has 2 rings (SSSR count). The van der Waals surface area contributed by atoms with Crippen LogP contribution in [0.1, 0.15) is 15.9 Å². The first kappa shape index (κ1) is 18.4. The van der Waals surface area contributed by atoms with Crippen molar-refractivity contribution in [3.63, 3.8) is 0 Å². The Morgan fingerprint density at radius 2 is 1.88 bits per heavy atom. The molecule has 1 amide bonds. The lowest BCUT2D eigenvalue weighted by molar-refractivity contribution is -0.385. The van der Waals surface area contributed by atoms with Gasteiger partial charge in [-0.1, -0.05) is 12.1 Å². The number of hydrogen-bond acceptors (Lipinski definition) is 6. The van der Waals surface area contributed by atoms with E-state index in [9.17, 15) is 14.9 Å². The number of amides is 1. The third-order valence-electron chi connectivity index (χ3n) is 3.22. The smallest absolute Gasteiger partial charge is 0.282 e. The van der Waals surface area contributed by atoms with Crippen LogP contribution in [0, 0.1) is 10.1 Å². The van der Waals surface area contributed by atoms with E-state index in [-0.39, 0.29) is 17.0 Å². The molecule has 0 aromatic heterocycles. The molecular formula is C16H14BrN3O5. The van der Waals surface area contributed by atoms with Gasteiger partial charge in [0.1, 0.15) is 0 Å². The topological polar surface area (TPSA) is 103 Å². The van der Waals surface area contributed by atoms with Gasteiger partial charge in [0.25, 0.3) is 11.6 Å². The fourth-order valence-electron chi connectivity index (χ4n) is 2.01. The van der Waals surface area contributed by atoms with Gasteiger partial charge in [-0.05, 0) is 34.1 Å². The van der Waals surface area contributed by atoms with Crippen LogP contribution >= 0.6 is 15.9 Å². The predicted molar refractivity (Wildman–Crippen MR) is 95.4 cm³/mol. The molecule has 0 saturated heterocycles. The summed E-state index contributed by atoms with van der Waals surface area (Å²) in [6.45, 7) is 0. The molecule has 9 heteroatoms. The summed E-state index contributed by atoms with van der Waals surface area (Å²) in [5.41, 5.74) is 2.65. The fourth-order valence-corrected chi connectivity index (χ4v) is 2.48. The molecule has 0 heterocycles. The summed E-state index contributed by atoms with van der Waals surface area (Å²) in [7, 11) is 2.80. The van der Waals surface area contributed by atoms with Crippen molar-refractivity contribution in [2.45, 2.75) is 0 Å². The fraction of sp³-hybridized carbons (Fsp3) is 0.125. The molecule has 0 fully saturated rings. The number of carbonyl (C=O) groups excluding carboxylic acids is 1. The summed E-state index contributed by atoms with van der Waals surface area (Å²) < 4.78 is 10.8. The Balaban J connectivity index is 2.26. The second kappa shape index (κ2) is 8.25. The van der Waals surface area contributed by atoms with Crippen LogP contribution in [0.15, 0.2) is 46.0 Å². The molecular weight excluding hydrogens is 394 g/mol.